The lowest BCUT2D eigenvalue weighted by molar-refractivity contribution is -0.137. The summed E-state index contributed by atoms with van der Waals surface area (Å²) in [6.45, 7) is 2.55. The summed E-state index contributed by atoms with van der Waals surface area (Å²) in [6.07, 6.45) is 0.584. The van der Waals surface area contributed by atoms with E-state index < -0.39 is 17.0 Å². The largest absolute Gasteiger partial charge is 0.416 e. The quantitative estimate of drug-likeness (QED) is 0.607. The summed E-state index contributed by atoms with van der Waals surface area (Å²) in [5, 5.41) is 2.14. The molecule has 1 heterocycles. The SMILES string of the molecule is CCCCCCCN1C(=O)CC(C(=O)NC)SC1=Nc1cccc(C(F)(F)F)c1. The average Bonchev–Trinajstić information content (AvgIpc) is 2.68. The molecule has 0 bridgehead atoms. The van der Waals surface area contributed by atoms with Gasteiger partial charge in [0, 0.05) is 20.0 Å². The third kappa shape index (κ3) is 6.76. The molecule has 0 spiro atoms. The molecule has 1 aromatic carbocycles. The highest BCUT2D eigenvalue weighted by Gasteiger charge is 2.35. The van der Waals surface area contributed by atoms with Crippen molar-refractivity contribution in [2.45, 2.75) is 56.9 Å². The molecule has 0 saturated carbocycles. The molecule has 1 aromatic rings. The summed E-state index contributed by atoms with van der Waals surface area (Å²) >= 11 is 1.11. The first-order valence-corrected chi connectivity index (χ1v) is 10.6. The van der Waals surface area contributed by atoms with Gasteiger partial charge in [-0.05, 0) is 24.6 Å². The number of amidine groups is 1. The fourth-order valence-corrected chi connectivity index (χ4v) is 4.14. The van der Waals surface area contributed by atoms with E-state index in [2.05, 4.69) is 17.2 Å². The van der Waals surface area contributed by atoms with Crippen LogP contribution in [0.3, 0.4) is 0 Å². The van der Waals surface area contributed by atoms with Gasteiger partial charge < -0.3 is 5.32 Å². The molecule has 1 aliphatic heterocycles. The molecule has 2 amide bonds. The molecule has 160 valence electrons. The van der Waals surface area contributed by atoms with E-state index in [1.807, 2.05) is 0 Å². The zero-order chi connectivity index (χ0) is 21.4. The number of carbonyl (C=O) groups excluding carboxylic acids is 2. The predicted molar refractivity (Wildman–Crippen MR) is 109 cm³/mol. The molecular weight excluding hydrogens is 403 g/mol. The third-order valence-corrected chi connectivity index (χ3v) is 5.75. The van der Waals surface area contributed by atoms with Gasteiger partial charge in [-0.3, -0.25) is 14.5 Å². The molecule has 1 saturated heterocycles. The number of hydrogen-bond acceptors (Lipinski definition) is 4. The van der Waals surface area contributed by atoms with Crippen LogP contribution in [-0.4, -0.2) is 40.7 Å². The van der Waals surface area contributed by atoms with Crippen LogP contribution in [0.15, 0.2) is 29.3 Å². The van der Waals surface area contributed by atoms with Crippen molar-refractivity contribution < 1.29 is 22.8 Å². The van der Waals surface area contributed by atoms with Crippen molar-refractivity contribution in [1.82, 2.24) is 10.2 Å². The molecule has 2 rings (SSSR count). The number of hydrogen-bond donors (Lipinski definition) is 1. The number of nitrogens with one attached hydrogen (secondary N) is 1. The first-order valence-electron chi connectivity index (χ1n) is 9.70. The highest BCUT2D eigenvalue weighted by atomic mass is 32.2. The lowest BCUT2D eigenvalue weighted by atomic mass is 10.1. The van der Waals surface area contributed by atoms with Crippen molar-refractivity contribution in [2.75, 3.05) is 13.6 Å². The maximum Gasteiger partial charge on any atom is 0.416 e. The maximum atomic E-state index is 13.0. The Kier molecular flexibility index (Phi) is 8.55. The molecule has 1 aliphatic rings. The molecule has 5 nitrogen and oxygen atoms in total. The molecular formula is C20H26F3N3O2S. The Labute approximate surface area is 173 Å². The number of halogens is 3. The summed E-state index contributed by atoms with van der Waals surface area (Å²) in [5.74, 6) is -0.541. The molecule has 0 radical (unpaired) electrons. The second-order valence-corrected chi connectivity index (χ2v) is 8.00. The van der Waals surface area contributed by atoms with Gasteiger partial charge >= 0.3 is 6.18 Å². The molecule has 1 atom stereocenters. The van der Waals surface area contributed by atoms with E-state index in [0.717, 1.165) is 56.0 Å². The summed E-state index contributed by atoms with van der Waals surface area (Å²) in [4.78, 5) is 30.5. The van der Waals surface area contributed by atoms with Crippen LogP contribution in [0.4, 0.5) is 18.9 Å². The minimum atomic E-state index is -4.48. The van der Waals surface area contributed by atoms with Gasteiger partial charge in [0.05, 0.1) is 16.5 Å². The van der Waals surface area contributed by atoms with Crippen LogP contribution in [0.25, 0.3) is 0 Å². The Morgan fingerprint density at radius 1 is 1.28 bits per heavy atom. The lowest BCUT2D eigenvalue weighted by Gasteiger charge is -2.31. The number of nitrogens with zero attached hydrogens (tertiary/aromatic N) is 2. The smallest absolute Gasteiger partial charge is 0.358 e. The van der Waals surface area contributed by atoms with Crippen LogP contribution in [0.5, 0.6) is 0 Å². The highest BCUT2D eigenvalue weighted by molar-refractivity contribution is 8.15. The minimum absolute atomic E-state index is 0.0426. The number of carbonyl (C=O) groups is 2. The van der Waals surface area contributed by atoms with Crippen LogP contribution in [0.2, 0.25) is 0 Å². The van der Waals surface area contributed by atoms with Crippen molar-refractivity contribution in [3.8, 4) is 0 Å². The van der Waals surface area contributed by atoms with Crippen LogP contribution >= 0.6 is 11.8 Å². The number of amides is 2. The zero-order valence-corrected chi connectivity index (χ0v) is 17.4. The normalized spacial score (nSPS) is 18.9. The van der Waals surface area contributed by atoms with Gasteiger partial charge in [-0.25, -0.2) is 4.99 Å². The number of thioether (sulfide) groups is 1. The Bertz CT molecular complexity index is 753. The van der Waals surface area contributed by atoms with E-state index in [-0.39, 0.29) is 29.1 Å². The summed E-state index contributed by atoms with van der Waals surface area (Å²) in [6, 6.07) is 4.65. The summed E-state index contributed by atoms with van der Waals surface area (Å²) in [5.41, 5.74) is -0.705. The van der Waals surface area contributed by atoms with E-state index in [0.29, 0.717) is 6.54 Å². The number of aliphatic imine (C=N–C) groups is 1. The zero-order valence-electron chi connectivity index (χ0n) is 16.6. The topological polar surface area (TPSA) is 61.8 Å². The van der Waals surface area contributed by atoms with E-state index in [1.54, 1.807) is 0 Å². The first-order chi connectivity index (χ1) is 13.8. The fraction of sp³-hybridized carbons (Fsp3) is 0.550. The van der Waals surface area contributed by atoms with Crippen molar-refractivity contribution in [3.05, 3.63) is 29.8 Å². The van der Waals surface area contributed by atoms with Gasteiger partial charge in [-0.15, -0.1) is 0 Å². The van der Waals surface area contributed by atoms with Gasteiger partial charge in [0.25, 0.3) is 0 Å². The van der Waals surface area contributed by atoms with Crippen LogP contribution < -0.4 is 5.32 Å². The molecule has 1 fully saturated rings. The Hall–Kier alpha value is -2.03. The molecule has 0 aliphatic carbocycles. The molecule has 0 aromatic heterocycles. The number of rotatable bonds is 8. The number of unbranched alkanes of at least 4 members (excludes halogenated alkanes) is 4. The van der Waals surface area contributed by atoms with Gasteiger partial charge in [0.2, 0.25) is 11.8 Å². The highest BCUT2D eigenvalue weighted by Crippen LogP contribution is 2.33. The molecule has 29 heavy (non-hydrogen) atoms. The monoisotopic (exact) mass is 429 g/mol. The van der Waals surface area contributed by atoms with Gasteiger partial charge in [-0.2, -0.15) is 13.2 Å². The Morgan fingerprint density at radius 2 is 2.00 bits per heavy atom. The van der Waals surface area contributed by atoms with Crippen molar-refractivity contribution in [3.63, 3.8) is 0 Å². The van der Waals surface area contributed by atoms with Crippen LogP contribution in [-0.2, 0) is 15.8 Å². The van der Waals surface area contributed by atoms with Gasteiger partial charge in [0.15, 0.2) is 5.17 Å². The third-order valence-electron chi connectivity index (χ3n) is 4.56. The summed E-state index contributed by atoms with van der Waals surface area (Å²) in [7, 11) is 1.48. The first kappa shape index (κ1) is 23.3. The van der Waals surface area contributed by atoms with Crippen molar-refractivity contribution in [2.24, 2.45) is 4.99 Å². The van der Waals surface area contributed by atoms with Crippen LogP contribution in [0, 0.1) is 0 Å². The van der Waals surface area contributed by atoms with E-state index in [1.165, 1.54) is 24.1 Å². The van der Waals surface area contributed by atoms with Crippen molar-refractivity contribution >= 4 is 34.4 Å². The average molecular weight is 430 g/mol. The lowest BCUT2D eigenvalue weighted by Crippen LogP contribution is -2.46. The fourth-order valence-electron chi connectivity index (χ4n) is 2.96. The minimum Gasteiger partial charge on any atom is -0.358 e. The van der Waals surface area contributed by atoms with E-state index in [9.17, 15) is 22.8 Å². The van der Waals surface area contributed by atoms with Gasteiger partial charge in [0.1, 0.15) is 0 Å². The number of alkyl halides is 3. The van der Waals surface area contributed by atoms with Gasteiger partial charge in [-0.1, -0.05) is 50.4 Å². The Balaban J connectivity index is 2.26. The van der Waals surface area contributed by atoms with E-state index >= 15 is 0 Å². The molecule has 9 heteroatoms. The maximum absolute atomic E-state index is 13.0. The molecule has 1 N–H and O–H groups in total. The molecule has 1 unspecified atom stereocenters. The predicted octanol–water partition coefficient (Wildman–Crippen LogP) is 4.74. The van der Waals surface area contributed by atoms with Crippen LogP contribution in [0.1, 0.15) is 51.0 Å². The van der Waals surface area contributed by atoms with Crippen molar-refractivity contribution in [1.29, 1.82) is 0 Å². The Morgan fingerprint density at radius 3 is 2.66 bits per heavy atom. The standard InChI is InChI=1S/C20H26F3N3O2S/c1-3-4-5-6-7-11-26-17(27)13-16(18(28)24-2)29-19(26)25-15-10-8-9-14(12-15)20(21,22)23/h8-10,12,16H,3-7,11,13H2,1-2H3,(H,24,28). The summed E-state index contributed by atoms with van der Waals surface area (Å²) < 4.78 is 39.0. The second kappa shape index (κ2) is 10.7. The van der Waals surface area contributed by atoms with E-state index in [4.69, 9.17) is 0 Å². The number of benzene rings is 1. The second-order valence-electron chi connectivity index (χ2n) is 6.83.